The quantitative estimate of drug-likeness (QED) is 0.691. The van der Waals surface area contributed by atoms with Crippen LogP contribution in [0.3, 0.4) is 0 Å². The van der Waals surface area contributed by atoms with Crippen LogP contribution in [0, 0.1) is 0 Å². The van der Waals surface area contributed by atoms with Crippen LogP contribution >= 0.6 is 0 Å². The SMILES string of the molecule is C/C=C(/O)CC/C(=C\C)C1=CNc2ncc(-c3cncc(OC)c3)cc2C1. The number of hydrogen-bond donors (Lipinski definition) is 2. The molecular formula is C22H25N3O2. The van der Waals surface area contributed by atoms with E-state index in [1.165, 1.54) is 11.1 Å². The Balaban J connectivity index is 1.82. The third kappa shape index (κ3) is 4.37. The van der Waals surface area contributed by atoms with Crippen LogP contribution in [0.4, 0.5) is 5.82 Å². The fourth-order valence-electron chi connectivity index (χ4n) is 3.14. The molecule has 140 valence electrons. The summed E-state index contributed by atoms with van der Waals surface area (Å²) in [7, 11) is 1.64. The third-order valence-corrected chi connectivity index (χ3v) is 4.76. The molecule has 0 unspecified atom stereocenters. The van der Waals surface area contributed by atoms with Gasteiger partial charge in [0.15, 0.2) is 0 Å². The smallest absolute Gasteiger partial charge is 0.137 e. The molecule has 27 heavy (non-hydrogen) atoms. The maximum absolute atomic E-state index is 9.74. The molecule has 0 spiro atoms. The van der Waals surface area contributed by atoms with Gasteiger partial charge in [-0.1, -0.05) is 6.08 Å². The van der Waals surface area contributed by atoms with Crippen molar-refractivity contribution in [3.05, 3.63) is 71.5 Å². The van der Waals surface area contributed by atoms with Gasteiger partial charge in [-0.3, -0.25) is 4.98 Å². The van der Waals surface area contributed by atoms with E-state index in [1.54, 1.807) is 19.4 Å². The lowest BCUT2D eigenvalue weighted by molar-refractivity contribution is 0.387. The number of aliphatic hydroxyl groups is 1. The first kappa shape index (κ1) is 18.7. The van der Waals surface area contributed by atoms with E-state index in [0.717, 1.165) is 41.1 Å². The minimum atomic E-state index is 0.425. The Labute approximate surface area is 160 Å². The topological polar surface area (TPSA) is 67.3 Å². The number of anilines is 1. The van der Waals surface area contributed by atoms with Crippen molar-refractivity contribution in [2.24, 2.45) is 0 Å². The van der Waals surface area contributed by atoms with Crippen LogP contribution in [0.2, 0.25) is 0 Å². The number of rotatable bonds is 6. The van der Waals surface area contributed by atoms with Crippen molar-refractivity contribution >= 4 is 5.82 Å². The predicted molar refractivity (Wildman–Crippen MR) is 109 cm³/mol. The summed E-state index contributed by atoms with van der Waals surface area (Å²) < 4.78 is 5.27. The van der Waals surface area contributed by atoms with Gasteiger partial charge in [-0.05, 0) is 55.2 Å². The predicted octanol–water partition coefficient (Wildman–Crippen LogP) is 5.19. The number of fused-ring (bicyclic) bond motifs is 1. The van der Waals surface area contributed by atoms with E-state index < -0.39 is 0 Å². The summed E-state index contributed by atoms with van der Waals surface area (Å²) in [5.74, 6) is 2.03. The van der Waals surface area contributed by atoms with Gasteiger partial charge in [0.1, 0.15) is 11.6 Å². The van der Waals surface area contributed by atoms with Gasteiger partial charge in [-0.2, -0.15) is 0 Å². The molecule has 5 nitrogen and oxygen atoms in total. The second kappa shape index (κ2) is 8.54. The summed E-state index contributed by atoms with van der Waals surface area (Å²) >= 11 is 0. The van der Waals surface area contributed by atoms with E-state index in [9.17, 15) is 5.11 Å². The largest absolute Gasteiger partial charge is 0.513 e. The van der Waals surface area contributed by atoms with Gasteiger partial charge in [0.25, 0.3) is 0 Å². The number of nitrogens with zero attached hydrogens (tertiary/aromatic N) is 2. The number of hydrogen-bond acceptors (Lipinski definition) is 5. The van der Waals surface area contributed by atoms with Crippen molar-refractivity contribution < 1.29 is 9.84 Å². The number of pyridine rings is 2. The molecule has 0 fully saturated rings. The average molecular weight is 363 g/mol. The molecule has 5 heteroatoms. The molecule has 2 aromatic heterocycles. The van der Waals surface area contributed by atoms with Crippen LogP contribution in [0.25, 0.3) is 11.1 Å². The van der Waals surface area contributed by atoms with Gasteiger partial charge in [0.05, 0.1) is 19.1 Å². The van der Waals surface area contributed by atoms with E-state index >= 15 is 0 Å². The molecule has 0 aliphatic carbocycles. The van der Waals surface area contributed by atoms with E-state index in [0.29, 0.717) is 12.2 Å². The van der Waals surface area contributed by atoms with E-state index in [2.05, 4.69) is 27.4 Å². The lowest BCUT2D eigenvalue weighted by Crippen LogP contribution is -2.09. The highest BCUT2D eigenvalue weighted by Crippen LogP contribution is 2.31. The Morgan fingerprint density at radius 2 is 1.96 bits per heavy atom. The van der Waals surface area contributed by atoms with Crippen LogP contribution in [-0.4, -0.2) is 22.2 Å². The molecule has 0 radical (unpaired) electrons. The maximum atomic E-state index is 9.74. The second-order valence-electron chi connectivity index (χ2n) is 6.43. The minimum absolute atomic E-state index is 0.425. The van der Waals surface area contributed by atoms with Gasteiger partial charge < -0.3 is 15.2 Å². The number of methoxy groups -OCH3 is 1. The number of aromatic nitrogens is 2. The van der Waals surface area contributed by atoms with Crippen molar-refractivity contribution in [1.29, 1.82) is 0 Å². The fraction of sp³-hybridized carbons (Fsp3) is 0.273. The van der Waals surface area contributed by atoms with Crippen molar-refractivity contribution in [3.8, 4) is 16.9 Å². The highest BCUT2D eigenvalue weighted by molar-refractivity contribution is 5.68. The zero-order valence-corrected chi connectivity index (χ0v) is 16.0. The Hall–Kier alpha value is -3.08. The van der Waals surface area contributed by atoms with Crippen molar-refractivity contribution in [2.45, 2.75) is 33.1 Å². The lowest BCUT2D eigenvalue weighted by Gasteiger charge is -2.20. The van der Waals surface area contributed by atoms with Gasteiger partial charge in [0.2, 0.25) is 0 Å². The summed E-state index contributed by atoms with van der Waals surface area (Å²) in [6, 6.07) is 4.11. The fourth-order valence-corrected chi connectivity index (χ4v) is 3.14. The molecule has 0 bridgehead atoms. The van der Waals surface area contributed by atoms with Gasteiger partial charge >= 0.3 is 0 Å². The molecule has 0 saturated heterocycles. The number of aliphatic hydroxyl groups excluding tert-OH is 1. The number of allylic oxidation sites excluding steroid dienone is 5. The molecule has 0 aromatic carbocycles. The summed E-state index contributed by atoms with van der Waals surface area (Å²) in [4.78, 5) is 8.80. The van der Waals surface area contributed by atoms with Crippen LogP contribution < -0.4 is 10.1 Å². The van der Waals surface area contributed by atoms with Crippen LogP contribution in [0.5, 0.6) is 5.75 Å². The Bertz CT molecular complexity index is 914. The van der Waals surface area contributed by atoms with E-state index in [4.69, 9.17) is 4.74 Å². The molecule has 1 aliphatic rings. The summed E-state index contributed by atoms with van der Waals surface area (Å²) in [6.45, 7) is 3.89. The summed E-state index contributed by atoms with van der Waals surface area (Å²) in [5.41, 5.74) is 5.58. The molecule has 3 heterocycles. The van der Waals surface area contributed by atoms with Crippen LogP contribution in [-0.2, 0) is 6.42 Å². The van der Waals surface area contributed by atoms with Gasteiger partial charge in [0, 0.05) is 42.6 Å². The first-order valence-corrected chi connectivity index (χ1v) is 9.08. The summed E-state index contributed by atoms with van der Waals surface area (Å²) in [5, 5.41) is 13.0. The maximum Gasteiger partial charge on any atom is 0.137 e. The van der Waals surface area contributed by atoms with Crippen LogP contribution in [0.15, 0.2) is 66.0 Å². The zero-order valence-electron chi connectivity index (χ0n) is 16.0. The Morgan fingerprint density at radius 1 is 1.15 bits per heavy atom. The zero-order chi connectivity index (χ0) is 19.2. The van der Waals surface area contributed by atoms with Gasteiger partial charge in [-0.15, -0.1) is 0 Å². The number of ether oxygens (including phenoxy) is 1. The summed E-state index contributed by atoms with van der Waals surface area (Å²) in [6.07, 6.45) is 13.5. The third-order valence-electron chi connectivity index (χ3n) is 4.76. The highest BCUT2D eigenvalue weighted by Gasteiger charge is 2.16. The first-order valence-electron chi connectivity index (χ1n) is 9.08. The molecule has 2 N–H and O–H groups in total. The minimum Gasteiger partial charge on any atom is -0.513 e. The molecule has 0 saturated carbocycles. The molecule has 1 aliphatic heterocycles. The molecule has 0 atom stereocenters. The number of nitrogens with one attached hydrogen (secondary N) is 1. The van der Waals surface area contributed by atoms with Crippen molar-refractivity contribution in [3.63, 3.8) is 0 Å². The van der Waals surface area contributed by atoms with Crippen LogP contribution in [0.1, 0.15) is 32.3 Å². The first-order chi connectivity index (χ1) is 13.1. The normalized spacial score (nSPS) is 14.3. The highest BCUT2D eigenvalue weighted by atomic mass is 16.5. The molecule has 2 aromatic rings. The van der Waals surface area contributed by atoms with E-state index in [1.807, 2.05) is 38.5 Å². The standard InChI is InChI=1S/C22H25N3O2/c1-4-15(6-7-20(26)5-2)17-8-16-9-18(13-25-22(16)24-12-17)19-10-21(27-3)14-23-11-19/h4-5,9-14,26H,6-8H2,1-3H3,(H,24,25)/b15-4+,20-5+. The monoisotopic (exact) mass is 363 g/mol. The Kier molecular flexibility index (Phi) is 5.91. The van der Waals surface area contributed by atoms with Crippen molar-refractivity contribution in [2.75, 3.05) is 12.4 Å². The molecule has 3 rings (SSSR count). The Morgan fingerprint density at radius 3 is 2.70 bits per heavy atom. The van der Waals surface area contributed by atoms with Gasteiger partial charge in [-0.25, -0.2) is 4.98 Å². The second-order valence-corrected chi connectivity index (χ2v) is 6.43. The lowest BCUT2D eigenvalue weighted by atomic mass is 9.92. The van der Waals surface area contributed by atoms with E-state index in [-0.39, 0.29) is 0 Å². The molecule has 0 amide bonds. The van der Waals surface area contributed by atoms with Crippen molar-refractivity contribution in [1.82, 2.24) is 9.97 Å². The average Bonchev–Trinajstić information content (AvgIpc) is 2.73. The molecular weight excluding hydrogens is 338 g/mol.